The van der Waals surface area contributed by atoms with Crippen molar-refractivity contribution in [3.8, 4) is 5.69 Å². The van der Waals surface area contributed by atoms with Crippen molar-refractivity contribution < 1.29 is 4.79 Å². The quantitative estimate of drug-likeness (QED) is 0.833. The van der Waals surface area contributed by atoms with Crippen LogP contribution in [-0.2, 0) is 4.79 Å². The van der Waals surface area contributed by atoms with E-state index in [1.807, 2.05) is 0 Å². The first kappa shape index (κ1) is 15.7. The third-order valence-corrected chi connectivity index (χ3v) is 3.36. The Hall–Kier alpha value is -1.69. The highest BCUT2D eigenvalue weighted by atomic mass is 35.5. The summed E-state index contributed by atoms with van der Waals surface area (Å²) in [4.78, 5) is 23.5. The second-order valence-electron chi connectivity index (χ2n) is 4.30. The van der Waals surface area contributed by atoms with Crippen molar-refractivity contribution in [2.45, 2.75) is 6.92 Å². The highest BCUT2D eigenvalue weighted by molar-refractivity contribution is 6.40. The van der Waals surface area contributed by atoms with Gasteiger partial charge in [-0.2, -0.15) is 0 Å². The van der Waals surface area contributed by atoms with Gasteiger partial charge in [-0.05, 0) is 19.1 Å². The van der Waals surface area contributed by atoms with Crippen molar-refractivity contribution in [1.82, 2.24) is 9.78 Å². The van der Waals surface area contributed by atoms with Crippen LogP contribution < -0.4 is 10.9 Å². The Morgan fingerprint density at radius 3 is 2.33 bits per heavy atom. The van der Waals surface area contributed by atoms with E-state index in [-0.39, 0.29) is 21.6 Å². The Morgan fingerprint density at radius 1 is 1.24 bits per heavy atom. The lowest BCUT2D eigenvalue weighted by atomic mass is 10.3. The van der Waals surface area contributed by atoms with E-state index in [1.54, 1.807) is 6.92 Å². The first-order valence-corrected chi connectivity index (χ1v) is 6.87. The van der Waals surface area contributed by atoms with E-state index in [0.29, 0.717) is 10.6 Å². The molecule has 0 aliphatic rings. The molecule has 0 aliphatic carbocycles. The maximum absolute atomic E-state index is 12.0. The molecule has 0 saturated heterocycles. The molecule has 5 nitrogen and oxygen atoms in total. The fourth-order valence-electron chi connectivity index (χ4n) is 1.60. The number of carbonyl (C=O) groups excluding carboxylic acids is 1. The molecule has 21 heavy (non-hydrogen) atoms. The van der Waals surface area contributed by atoms with Crippen LogP contribution in [-0.4, -0.2) is 15.7 Å². The van der Waals surface area contributed by atoms with E-state index in [0.717, 1.165) is 4.68 Å². The van der Waals surface area contributed by atoms with Crippen LogP contribution in [0.4, 0.5) is 5.82 Å². The van der Waals surface area contributed by atoms with Crippen LogP contribution in [0.15, 0.2) is 35.1 Å². The minimum Gasteiger partial charge on any atom is -0.307 e. The Kier molecular flexibility index (Phi) is 4.46. The number of nitrogens with one attached hydrogen (secondary N) is 2. The molecule has 1 heterocycles. The van der Waals surface area contributed by atoms with Crippen LogP contribution in [0, 0.1) is 0 Å². The van der Waals surface area contributed by atoms with Gasteiger partial charge in [0.25, 0.3) is 11.5 Å². The topological polar surface area (TPSA) is 66.9 Å². The van der Waals surface area contributed by atoms with Gasteiger partial charge in [-0.25, -0.2) is 4.68 Å². The average Bonchev–Trinajstić information content (AvgIpc) is 2.68. The summed E-state index contributed by atoms with van der Waals surface area (Å²) >= 11 is 17.9. The molecular weight excluding hydrogens is 337 g/mol. The van der Waals surface area contributed by atoms with Crippen molar-refractivity contribution in [3.05, 3.63) is 55.8 Å². The van der Waals surface area contributed by atoms with Crippen molar-refractivity contribution >= 4 is 46.5 Å². The number of anilines is 1. The molecule has 0 saturated carbocycles. The normalized spacial score (nSPS) is 10.5. The number of amides is 1. The van der Waals surface area contributed by atoms with Crippen LogP contribution in [0.2, 0.25) is 15.1 Å². The minimum atomic E-state index is -0.432. The lowest BCUT2D eigenvalue weighted by molar-refractivity contribution is -0.112. The molecule has 2 aromatic rings. The van der Waals surface area contributed by atoms with Gasteiger partial charge in [0.2, 0.25) is 0 Å². The van der Waals surface area contributed by atoms with Gasteiger partial charge in [-0.3, -0.25) is 14.7 Å². The van der Waals surface area contributed by atoms with Crippen molar-refractivity contribution in [2.75, 3.05) is 5.32 Å². The van der Waals surface area contributed by atoms with Gasteiger partial charge in [0.15, 0.2) is 0 Å². The van der Waals surface area contributed by atoms with Crippen molar-refractivity contribution in [1.29, 1.82) is 0 Å². The summed E-state index contributed by atoms with van der Waals surface area (Å²) in [5.74, 6) is -0.202. The summed E-state index contributed by atoms with van der Waals surface area (Å²) in [6, 6.07) is 4.13. The van der Waals surface area contributed by atoms with Crippen molar-refractivity contribution in [2.24, 2.45) is 0 Å². The number of aromatic nitrogens is 2. The molecule has 110 valence electrons. The minimum absolute atomic E-state index is 0.203. The first-order chi connectivity index (χ1) is 9.79. The lowest BCUT2D eigenvalue weighted by Gasteiger charge is -2.08. The Labute approximate surface area is 135 Å². The zero-order valence-electron chi connectivity index (χ0n) is 10.8. The van der Waals surface area contributed by atoms with Gasteiger partial charge in [-0.15, -0.1) is 0 Å². The molecule has 0 bridgehead atoms. The molecule has 0 aliphatic heterocycles. The molecule has 0 atom stereocenters. The summed E-state index contributed by atoms with van der Waals surface area (Å²) in [7, 11) is 0. The smallest absolute Gasteiger partial charge is 0.273 e. The molecule has 1 aromatic heterocycles. The molecule has 1 aromatic carbocycles. The number of aromatic amines is 1. The number of H-pyrrole nitrogens is 1. The number of hydrogen-bond donors (Lipinski definition) is 2. The third-order valence-electron chi connectivity index (χ3n) is 2.56. The van der Waals surface area contributed by atoms with E-state index < -0.39 is 11.5 Å². The number of rotatable bonds is 3. The molecule has 0 fully saturated rings. The maximum Gasteiger partial charge on any atom is 0.273 e. The third kappa shape index (κ3) is 3.32. The van der Waals surface area contributed by atoms with E-state index in [9.17, 15) is 9.59 Å². The molecule has 8 heteroatoms. The second-order valence-corrected chi connectivity index (χ2v) is 5.55. The lowest BCUT2D eigenvalue weighted by Crippen LogP contribution is -2.14. The van der Waals surface area contributed by atoms with Crippen LogP contribution >= 0.6 is 34.8 Å². The standard InChI is InChI=1S/C13H10Cl3N3O2/c1-6(2)13(21)17-10-5-11(20)19(18-10)12-8(15)3-7(14)4-9(12)16/h3-5,18H,1H2,2H3,(H,17,21). The van der Waals surface area contributed by atoms with E-state index in [1.165, 1.54) is 18.2 Å². The fourth-order valence-corrected chi connectivity index (χ4v) is 2.59. The maximum atomic E-state index is 12.0. The van der Waals surface area contributed by atoms with Crippen LogP contribution in [0.3, 0.4) is 0 Å². The molecule has 0 spiro atoms. The van der Waals surface area contributed by atoms with Crippen LogP contribution in [0.1, 0.15) is 6.92 Å². The average molecular weight is 347 g/mol. The Morgan fingerprint density at radius 2 is 1.81 bits per heavy atom. The molecule has 1 amide bonds. The van der Waals surface area contributed by atoms with Gasteiger partial charge in [0.05, 0.1) is 10.0 Å². The summed E-state index contributed by atoms with van der Waals surface area (Å²) in [5, 5.41) is 5.96. The number of carbonyl (C=O) groups is 1. The Balaban J connectivity index is 2.48. The zero-order chi connectivity index (χ0) is 15.7. The number of benzene rings is 1. The summed E-state index contributed by atoms with van der Waals surface area (Å²) in [6.07, 6.45) is 0. The largest absolute Gasteiger partial charge is 0.307 e. The molecule has 0 radical (unpaired) electrons. The number of hydrogen-bond acceptors (Lipinski definition) is 2. The predicted molar refractivity (Wildman–Crippen MR) is 84.9 cm³/mol. The SMILES string of the molecule is C=C(C)C(=O)Nc1cc(=O)n(-c2c(Cl)cc(Cl)cc2Cl)[nH]1. The van der Waals surface area contributed by atoms with Crippen molar-refractivity contribution in [3.63, 3.8) is 0 Å². The van der Waals surface area contributed by atoms with Crippen LogP contribution in [0.25, 0.3) is 5.69 Å². The van der Waals surface area contributed by atoms with Gasteiger partial charge >= 0.3 is 0 Å². The van der Waals surface area contributed by atoms with E-state index in [2.05, 4.69) is 17.0 Å². The van der Waals surface area contributed by atoms with Gasteiger partial charge in [0.1, 0.15) is 11.5 Å². The Bertz CT molecular complexity index is 769. The van der Waals surface area contributed by atoms with Gasteiger partial charge in [0, 0.05) is 16.7 Å². The van der Waals surface area contributed by atoms with Crippen LogP contribution in [0.5, 0.6) is 0 Å². The predicted octanol–water partition coefficient (Wildman–Crippen LogP) is 3.64. The van der Waals surface area contributed by atoms with Gasteiger partial charge < -0.3 is 5.32 Å². The summed E-state index contributed by atoms with van der Waals surface area (Å²) < 4.78 is 1.12. The summed E-state index contributed by atoms with van der Waals surface area (Å²) in [5.41, 5.74) is 0.132. The zero-order valence-corrected chi connectivity index (χ0v) is 13.1. The second kappa shape index (κ2) is 5.97. The number of nitrogens with zero attached hydrogens (tertiary/aromatic N) is 1. The molecular formula is C13H10Cl3N3O2. The highest BCUT2D eigenvalue weighted by Gasteiger charge is 2.14. The van der Waals surface area contributed by atoms with Gasteiger partial charge in [-0.1, -0.05) is 41.4 Å². The fraction of sp³-hybridized carbons (Fsp3) is 0.0769. The summed E-state index contributed by atoms with van der Waals surface area (Å²) in [6.45, 7) is 5.06. The number of halogens is 3. The van der Waals surface area contributed by atoms with E-state index >= 15 is 0 Å². The molecule has 0 unspecified atom stereocenters. The van der Waals surface area contributed by atoms with E-state index in [4.69, 9.17) is 34.8 Å². The monoisotopic (exact) mass is 345 g/mol. The highest BCUT2D eigenvalue weighted by Crippen LogP contribution is 2.31. The first-order valence-electron chi connectivity index (χ1n) is 5.73. The molecule has 2 N–H and O–H groups in total. The molecule has 2 rings (SSSR count).